The molecule has 4 rings (SSSR count). The normalized spacial score (nSPS) is 18.8. The molecule has 52 heavy (non-hydrogen) atoms. The number of hydrogen-bond donors (Lipinski definition) is 7. The van der Waals surface area contributed by atoms with Crippen molar-refractivity contribution in [2.75, 3.05) is 18.1 Å². The Balaban J connectivity index is 1.57. The highest BCUT2D eigenvalue weighted by molar-refractivity contribution is 7.93. The molecule has 3 amide bonds. The van der Waals surface area contributed by atoms with Crippen LogP contribution in [0.4, 0.5) is 0 Å². The summed E-state index contributed by atoms with van der Waals surface area (Å²) in [4.78, 5) is 48.2. The predicted octanol–water partition coefficient (Wildman–Crippen LogP) is 1.08. The second-order valence-corrected chi connectivity index (χ2v) is 18.9. The van der Waals surface area contributed by atoms with Crippen molar-refractivity contribution in [1.82, 2.24) is 25.9 Å². The Morgan fingerprint density at radius 3 is 2.21 bits per heavy atom. The number of nitrogens with one attached hydrogen (secondary N) is 4. The number of aliphatic hydroxyl groups excluding tert-OH is 2. The van der Waals surface area contributed by atoms with Crippen LogP contribution in [0.2, 0.25) is 0 Å². The summed E-state index contributed by atoms with van der Waals surface area (Å²) < 4.78 is 56.8. The zero-order valence-electron chi connectivity index (χ0n) is 29.7. The van der Waals surface area contributed by atoms with Crippen LogP contribution in [0.3, 0.4) is 0 Å². The van der Waals surface area contributed by atoms with Gasteiger partial charge in [-0.05, 0) is 56.9 Å². The number of aromatic amines is 1. The first-order chi connectivity index (χ1) is 24.5. The molecule has 1 heterocycles. The third kappa shape index (κ3) is 12.1. The van der Waals surface area contributed by atoms with Crippen LogP contribution in [0.1, 0.15) is 76.5 Å². The summed E-state index contributed by atoms with van der Waals surface area (Å²) >= 11 is 0. The fourth-order valence-corrected chi connectivity index (χ4v) is 8.59. The number of sulfone groups is 1. The van der Waals surface area contributed by atoms with Crippen molar-refractivity contribution in [2.24, 2.45) is 17.8 Å². The zero-order chi connectivity index (χ0) is 38.1. The zero-order valence-corrected chi connectivity index (χ0v) is 31.4. The molecule has 0 bridgehead atoms. The Morgan fingerprint density at radius 1 is 0.942 bits per heavy atom. The van der Waals surface area contributed by atoms with E-state index in [2.05, 4.69) is 25.9 Å². The van der Waals surface area contributed by atoms with Gasteiger partial charge in [0.2, 0.25) is 17.7 Å². The number of aromatic nitrogens is 2. The number of carbonyl (C=O) groups is 3. The lowest BCUT2D eigenvalue weighted by Crippen LogP contribution is -2.57. The Labute approximate surface area is 305 Å². The summed E-state index contributed by atoms with van der Waals surface area (Å²) in [5.41, 5.74) is 1.07. The number of carbonyl (C=O) groups excluding carboxylic acids is 3. The molecule has 2 saturated carbocycles. The van der Waals surface area contributed by atoms with E-state index in [-0.39, 0.29) is 24.7 Å². The number of H-pyrrole nitrogens is 1. The second kappa shape index (κ2) is 18.1. The summed E-state index contributed by atoms with van der Waals surface area (Å²) in [5, 5.41) is 30.0. The van der Waals surface area contributed by atoms with Crippen LogP contribution in [0, 0.1) is 17.8 Å². The van der Waals surface area contributed by atoms with Crippen molar-refractivity contribution >= 4 is 37.7 Å². The molecule has 0 aliphatic heterocycles. The minimum Gasteiger partial charge on any atom is -0.390 e. The summed E-state index contributed by atoms with van der Waals surface area (Å²) in [5.74, 6) is -5.09. The lowest BCUT2D eigenvalue weighted by atomic mass is 9.82. The smallest absolute Gasteiger partial charge is 0.266 e. The van der Waals surface area contributed by atoms with Gasteiger partial charge in [-0.25, -0.2) is 13.4 Å². The highest BCUT2D eigenvalue weighted by atomic mass is 32.2. The standard InChI is InChI=1S/C35H53N5O10S2/c1-35(2,34(45)37-15-16-52(48,49)50)51(46,47)21-26(17-23-9-5-3-6-10-23)32(43)40-29(19-27-20-36-22-38-27)33(44)39-28(18-24-11-7-4-8-12-24)31(42)30(41)25-13-14-25/h3,5-6,9-10,20,22,24-26,28-31,41-42H,4,7-8,11-19,21H2,1-2H3,(H,36,38)(H,37,45)(H,39,44)(H,40,43)(H,48,49,50)/t26-,28+,29+,30+,31-/m1/s1. The van der Waals surface area contributed by atoms with Crippen LogP contribution in [-0.2, 0) is 47.2 Å². The van der Waals surface area contributed by atoms with Crippen molar-refractivity contribution in [2.45, 2.75) is 107 Å². The third-order valence-corrected chi connectivity index (χ3v) is 13.5. The molecule has 1 aromatic heterocycles. The van der Waals surface area contributed by atoms with E-state index in [1.54, 1.807) is 36.5 Å². The van der Waals surface area contributed by atoms with Crippen molar-refractivity contribution in [3.05, 3.63) is 54.1 Å². The molecule has 0 unspecified atom stereocenters. The Morgan fingerprint density at radius 2 is 1.62 bits per heavy atom. The van der Waals surface area contributed by atoms with Crippen molar-refractivity contribution < 1.29 is 46.0 Å². The van der Waals surface area contributed by atoms with Crippen LogP contribution >= 0.6 is 0 Å². The van der Waals surface area contributed by atoms with Gasteiger partial charge in [0, 0.05) is 19.2 Å². The highest BCUT2D eigenvalue weighted by Crippen LogP contribution is 2.36. The fourth-order valence-electron chi connectivity index (χ4n) is 6.66. The van der Waals surface area contributed by atoms with E-state index >= 15 is 0 Å². The first kappa shape index (κ1) is 41.4. The summed E-state index contributed by atoms with van der Waals surface area (Å²) in [7, 11) is -8.83. The number of aliphatic hydroxyl groups is 2. The summed E-state index contributed by atoms with van der Waals surface area (Å²) in [6.07, 6.45) is 7.74. The van der Waals surface area contributed by atoms with Gasteiger partial charge in [-0.1, -0.05) is 62.4 Å². The van der Waals surface area contributed by atoms with Gasteiger partial charge in [0.1, 0.15) is 16.9 Å². The van der Waals surface area contributed by atoms with Gasteiger partial charge in [0.05, 0.1) is 41.6 Å². The Hall–Kier alpha value is -3.38. The van der Waals surface area contributed by atoms with Crippen molar-refractivity contribution in [3.63, 3.8) is 0 Å². The number of rotatable bonds is 20. The van der Waals surface area contributed by atoms with Crippen LogP contribution in [0.15, 0.2) is 42.9 Å². The van der Waals surface area contributed by atoms with Gasteiger partial charge in [0.15, 0.2) is 9.84 Å². The maximum atomic E-state index is 14.1. The van der Waals surface area contributed by atoms with Gasteiger partial charge in [-0.3, -0.25) is 18.9 Å². The van der Waals surface area contributed by atoms with Gasteiger partial charge in [-0.2, -0.15) is 8.42 Å². The van der Waals surface area contributed by atoms with E-state index in [4.69, 9.17) is 4.55 Å². The lowest BCUT2D eigenvalue weighted by molar-refractivity contribution is -0.132. The SMILES string of the molecule is CC(C)(C(=O)NCCS(=O)(=O)O)S(=O)(=O)C[C@@H](Cc1ccccc1)C(=O)N[C@@H](Cc1c[nH]cn1)C(=O)N[C@@H](CC1CCCCC1)[C@@H](O)[C@@H](O)C1CC1. The van der Waals surface area contributed by atoms with Gasteiger partial charge >= 0.3 is 0 Å². The summed E-state index contributed by atoms with van der Waals surface area (Å²) in [6, 6.07) is 6.63. The highest BCUT2D eigenvalue weighted by Gasteiger charge is 2.45. The number of imidazole rings is 1. The maximum Gasteiger partial charge on any atom is 0.266 e. The van der Waals surface area contributed by atoms with Crippen LogP contribution in [-0.4, -0.2) is 106 Å². The molecule has 0 radical (unpaired) electrons. The lowest BCUT2D eigenvalue weighted by Gasteiger charge is -2.33. The van der Waals surface area contributed by atoms with E-state index in [1.807, 2.05) is 0 Å². The first-order valence-corrected chi connectivity index (χ1v) is 21.2. The molecule has 15 nitrogen and oxygen atoms in total. The van der Waals surface area contributed by atoms with Crippen molar-refractivity contribution in [1.29, 1.82) is 0 Å². The average Bonchev–Trinajstić information content (AvgIpc) is 3.82. The first-order valence-electron chi connectivity index (χ1n) is 17.9. The molecule has 1 aromatic carbocycles. The summed E-state index contributed by atoms with van der Waals surface area (Å²) in [6.45, 7) is 1.76. The molecular weight excluding hydrogens is 715 g/mol. The van der Waals surface area contributed by atoms with E-state index in [9.17, 15) is 41.4 Å². The largest absolute Gasteiger partial charge is 0.390 e. The van der Waals surface area contributed by atoms with Gasteiger partial charge < -0.3 is 31.1 Å². The van der Waals surface area contributed by atoms with Gasteiger partial charge in [0.25, 0.3) is 10.1 Å². The molecule has 2 aliphatic carbocycles. The average molecular weight is 768 g/mol. The van der Waals surface area contributed by atoms with Crippen LogP contribution in [0.5, 0.6) is 0 Å². The Bertz CT molecular complexity index is 1690. The molecule has 5 atom stereocenters. The number of amides is 3. The quantitative estimate of drug-likeness (QED) is 0.0940. The minimum atomic E-state index is -4.42. The maximum absolute atomic E-state index is 14.1. The predicted molar refractivity (Wildman–Crippen MR) is 193 cm³/mol. The molecule has 17 heteroatoms. The molecule has 2 aromatic rings. The molecule has 0 spiro atoms. The third-order valence-electron chi connectivity index (χ3n) is 10.2. The van der Waals surface area contributed by atoms with Crippen LogP contribution in [0.25, 0.3) is 0 Å². The molecule has 2 fully saturated rings. The number of benzene rings is 1. The molecular formula is C35H53N5O10S2. The van der Waals surface area contributed by atoms with E-state index in [0.717, 1.165) is 58.8 Å². The molecule has 290 valence electrons. The molecule has 2 aliphatic rings. The number of hydrogen-bond acceptors (Lipinski definition) is 10. The second-order valence-electron chi connectivity index (χ2n) is 14.7. The topological polar surface area (TPSA) is 245 Å². The van der Waals surface area contributed by atoms with Crippen LogP contribution < -0.4 is 16.0 Å². The number of nitrogens with zero attached hydrogens (tertiary/aromatic N) is 1. The monoisotopic (exact) mass is 767 g/mol. The van der Waals surface area contributed by atoms with E-state index < -0.39 is 90.7 Å². The molecule has 0 saturated heterocycles. The van der Waals surface area contributed by atoms with E-state index in [0.29, 0.717) is 17.7 Å². The molecule has 7 N–H and O–H groups in total. The van der Waals surface area contributed by atoms with Gasteiger partial charge in [-0.15, -0.1) is 0 Å². The van der Waals surface area contributed by atoms with E-state index in [1.165, 1.54) is 6.33 Å². The fraction of sp³-hybridized carbons (Fsp3) is 0.657. The minimum absolute atomic E-state index is 0.0462. The Kier molecular flexibility index (Phi) is 14.4. The van der Waals surface area contributed by atoms with Crippen molar-refractivity contribution in [3.8, 4) is 0 Å².